The minimum Gasteiger partial charge on any atom is -0.493 e. The number of benzene rings is 1. The fraction of sp³-hybridized carbons (Fsp3) is 0.214. The Hall–Kier alpha value is -2.23. The molecule has 18 heavy (non-hydrogen) atoms. The van der Waals surface area contributed by atoms with E-state index in [1.165, 1.54) is 0 Å². The molecular formula is C14H16N2O2. The minimum atomic E-state index is 0.677. The maximum atomic E-state index is 5.25. The average Bonchev–Trinajstić information content (AvgIpc) is 2.45. The summed E-state index contributed by atoms with van der Waals surface area (Å²) in [5.41, 5.74) is 1.96. The third-order valence-corrected chi connectivity index (χ3v) is 2.58. The summed E-state index contributed by atoms with van der Waals surface area (Å²) in [5.74, 6) is 1.43. The molecule has 0 aliphatic rings. The van der Waals surface area contributed by atoms with Gasteiger partial charge >= 0.3 is 0 Å². The first kappa shape index (κ1) is 12.2. The lowest BCUT2D eigenvalue weighted by atomic mass is 10.2. The van der Waals surface area contributed by atoms with E-state index in [2.05, 4.69) is 10.3 Å². The summed E-state index contributed by atoms with van der Waals surface area (Å²) in [7, 11) is 3.25. The van der Waals surface area contributed by atoms with Crippen molar-refractivity contribution in [2.75, 3.05) is 19.5 Å². The number of pyridine rings is 1. The van der Waals surface area contributed by atoms with E-state index in [-0.39, 0.29) is 0 Å². The van der Waals surface area contributed by atoms with E-state index in [9.17, 15) is 0 Å². The van der Waals surface area contributed by atoms with Crippen molar-refractivity contribution in [1.82, 2.24) is 4.98 Å². The predicted octanol–water partition coefficient (Wildman–Crippen LogP) is 2.71. The molecule has 0 spiro atoms. The second-order valence-corrected chi connectivity index (χ2v) is 3.74. The van der Waals surface area contributed by atoms with E-state index in [1.54, 1.807) is 20.4 Å². The van der Waals surface area contributed by atoms with Crippen LogP contribution in [0.2, 0.25) is 0 Å². The Balaban J connectivity index is 2.06. The van der Waals surface area contributed by atoms with Crippen LogP contribution in [0.5, 0.6) is 11.5 Å². The van der Waals surface area contributed by atoms with Crippen LogP contribution in [0.15, 0.2) is 42.6 Å². The highest BCUT2D eigenvalue weighted by Crippen LogP contribution is 2.29. The van der Waals surface area contributed by atoms with Gasteiger partial charge in [-0.25, -0.2) is 0 Å². The van der Waals surface area contributed by atoms with Crippen molar-refractivity contribution in [3.8, 4) is 11.5 Å². The number of nitrogens with one attached hydrogen (secondary N) is 1. The van der Waals surface area contributed by atoms with E-state index in [0.29, 0.717) is 12.3 Å². The zero-order chi connectivity index (χ0) is 12.8. The molecule has 4 nitrogen and oxygen atoms in total. The predicted molar refractivity (Wildman–Crippen MR) is 71.1 cm³/mol. The summed E-state index contributed by atoms with van der Waals surface area (Å²) in [6.07, 6.45) is 1.78. The van der Waals surface area contributed by atoms with Crippen molar-refractivity contribution in [1.29, 1.82) is 0 Å². The van der Waals surface area contributed by atoms with Gasteiger partial charge in [0.2, 0.25) is 0 Å². The van der Waals surface area contributed by atoms with Gasteiger partial charge in [-0.2, -0.15) is 0 Å². The van der Waals surface area contributed by atoms with Gasteiger partial charge in [0.25, 0.3) is 0 Å². The number of aromatic nitrogens is 1. The van der Waals surface area contributed by atoms with Crippen LogP contribution >= 0.6 is 0 Å². The van der Waals surface area contributed by atoms with Crippen LogP contribution in [0.3, 0.4) is 0 Å². The van der Waals surface area contributed by atoms with Crippen LogP contribution in [-0.2, 0) is 6.54 Å². The van der Waals surface area contributed by atoms with Crippen molar-refractivity contribution in [3.63, 3.8) is 0 Å². The lowest BCUT2D eigenvalue weighted by Gasteiger charge is -2.11. The molecule has 0 fully saturated rings. The van der Waals surface area contributed by atoms with Crippen molar-refractivity contribution < 1.29 is 9.47 Å². The molecule has 1 heterocycles. The first-order chi connectivity index (χ1) is 8.83. The van der Waals surface area contributed by atoms with Gasteiger partial charge in [-0.3, -0.25) is 4.98 Å². The monoisotopic (exact) mass is 244 g/mol. The van der Waals surface area contributed by atoms with E-state index < -0.39 is 0 Å². The van der Waals surface area contributed by atoms with Gasteiger partial charge in [-0.15, -0.1) is 0 Å². The first-order valence-corrected chi connectivity index (χ1v) is 5.69. The van der Waals surface area contributed by atoms with Gasteiger partial charge in [0.05, 0.1) is 26.5 Å². The second kappa shape index (κ2) is 5.91. The fourth-order valence-electron chi connectivity index (χ4n) is 1.64. The maximum Gasteiger partial charge on any atom is 0.162 e. The summed E-state index contributed by atoms with van der Waals surface area (Å²) < 4.78 is 10.4. The smallest absolute Gasteiger partial charge is 0.162 e. The molecule has 0 atom stereocenters. The van der Waals surface area contributed by atoms with Gasteiger partial charge in [-0.1, -0.05) is 6.07 Å². The molecule has 94 valence electrons. The fourth-order valence-corrected chi connectivity index (χ4v) is 1.64. The van der Waals surface area contributed by atoms with Crippen molar-refractivity contribution in [3.05, 3.63) is 48.3 Å². The number of rotatable bonds is 5. The summed E-state index contributed by atoms with van der Waals surface area (Å²) in [6, 6.07) is 11.6. The molecule has 2 rings (SSSR count). The topological polar surface area (TPSA) is 43.4 Å². The zero-order valence-corrected chi connectivity index (χ0v) is 10.5. The molecule has 4 heteroatoms. The molecule has 0 bridgehead atoms. The molecule has 0 aliphatic heterocycles. The van der Waals surface area contributed by atoms with Gasteiger partial charge in [0.1, 0.15) is 0 Å². The summed E-state index contributed by atoms with van der Waals surface area (Å²) in [6.45, 7) is 0.677. The quantitative estimate of drug-likeness (QED) is 0.878. The molecule has 1 aromatic heterocycles. The Morgan fingerprint density at radius 3 is 2.56 bits per heavy atom. The Morgan fingerprint density at radius 1 is 1.06 bits per heavy atom. The SMILES string of the molecule is COc1ccc(NCc2ccccn2)cc1OC. The molecule has 0 saturated carbocycles. The standard InChI is InChI=1S/C14H16N2O2/c1-17-13-7-6-11(9-14(13)18-2)16-10-12-5-3-4-8-15-12/h3-9,16H,10H2,1-2H3. The molecule has 0 saturated heterocycles. The molecule has 2 aromatic rings. The second-order valence-electron chi connectivity index (χ2n) is 3.74. The van der Waals surface area contributed by atoms with E-state index in [0.717, 1.165) is 17.1 Å². The largest absolute Gasteiger partial charge is 0.493 e. The number of methoxy groups -OCH3 is 2. The van der Waals surface area contributed by atoms with Crippen LogP contribution in [0.1, 0.15) is 5.69 Å². The van der Waals surface area contributed by atoms with E-state index in [1.807, 2.05) is 36.4 Å². The Labute approximate surface area is 107 Å². The van der Waals surface area contributed by atoms with E-state index in [4.69, 9.17) is 9.47 Å². The van der Waals surface area contributed by atoms with Gasteiger partial charge in [-0.05, 0) is 24.3 Å². The molecule has 1 aromatic carbocycles. The summed E-state index contributed by atoms with van der Waals surface area (Å²) in [5, 5.41) is 3.29. The number of ether oxygens (including phenoxy) is 2. The highest BCUT2D eigenvalue weighted by Gasteiger charge is 2.04. The minimum absolute atomic E-state index is 0.677. The Kier molecular flexibility index (Phi) is 4.02. The third-order valence-electron chi connectivity index (χ3n) is 2.58. The van der Waals surface area contributed by atoms with Crippen LogP contribution in [-0.4, -0.2) is 19.2 Å². The molecule has 0 amide bonds. The van der Waals surface area contributed by atoms with Gasteiger partial charge in [0.15, 0.2) is 11.5 Å². The van der Waals surface area contributed by atoms with Crippen LogP contribution in [0, 0.1) is 0 Å². The Morgan fingerprint density at radius 2 is 1.89 bits per heavy atom. The lowest BCUT2D eigenvalue weighted by molar-refractivity contribution is 0.355. The highest BCUT2D eigenvalue weighted by molar-refractivity contribution is 5.54. The number of hydrogen-bond acceptors (Lipinski definition) is 4. The number of hydrogen-bond donors (Lipinski definition) is 1. The van der Waals surface area contributed by atoms with Gasteiger partial charge in [0, 0.05) is 18.0 Å². The van der Waals surface area contributed by atoms with Gasteiger partial charge < -0.3 is 14.8 Å². The molecular weight excluding hydrogens is 228 g/mol. The third kappa shape index (κ3) is 2.91. The maximum absolute atomic E-state index is 5.25. The molecule has 0 unspecified atom stereocenters. The number of anilines is 1. The van der Waals surface area contributed by atoms with Crippen molar-refractivity contribution in [2.24, 2.45) is 0 Å². The van der Waals surface area contributed by atoms with Crippen molar-refractivity contribution in [2.45, 2.75) is 6.54 Å². The average molecular weight is 244 g/mol. The number of nitrogens with zero attached hydrogens (tertiary/aromatic N) is 1. The van der Waals surface area contributed by atoms with E-state index >= 15 is 0 Å². The molecule has 0 radical (unpaired) electrons. The Bertz CT molecular complexity index is 500. The highest BCUT2D eigenvalue weighted by atomic mass is 16.5. The van der Waals surface area contributed by atoms with Crippen molar-refractivity contribution >= 4 is 5.69 Å². The zero-order valence-electron chi connectivity index (χ0n) is 10.5. The van der Waals surface area contributed by atoms with Crippen LogP contribution in [0.25, 0.3) is 0 Å². The normalized spacial score (nSPS) is 9.89. The van der Waals surface area contributed by atoms with Crippen LogP contribution < -0.4 is 14.8 Å². The molecule has 1 N–H and O–H groups in total. The van der Waals surface area contributed by atoms with Crippen LogP contribution in [0.4, 0.5) is 5.69 Å². The molecule has 0 aliphatic carbocycles. The summed E-state index contributed by atoms with van der Waals surface area (Å²) >= 11 is 0. The lowest BCUT2D eigenvalue weighted by Crippen LogP contribution is -2.01. The summed E-state index contributed by atoms with van der Waals surface area (Å²) in [4.78, 5) is 4.25. The first-order valence-electron chi connectivity index (χ1n) is 5.69.